The zero-order chi connectivity index (χ0) is 8.27. The van der Waals surface area contributed by atoms with Gasteiger partial charge >= 0.3 is 5.97 Å². The van der Waals surface area contributed by atoms with Gasteiger partial charge in [0.2, 0.25) is 0 Å². The number of carbonyl (C=O) groups excluding carboxylic acids is 1. The third kappa shape index (κ3) is 1.95. The van der Waals surface area contributed by atoms with Gasteiger partial charge in [-0.2, -0.15) is 0 Å². The van der Waals surface area contributed by atoms with Crippen LogP contribution in [0.3, 0.4) is 0 Å². The van der Waals surface area contributed by atoms with Crippen molar-refractivity contribution in [1.29, 1.82) is 0 Å². The summed E-state index contributed by atoms with van der Waals surface area (Å²) in [4.78, 5) is 10.9. The summed E-state index contributed by atoms with van der Waals surface area (Å²) in [5.74, 6) is 0.597. The number of hydrogen-bond donors (Lipinski definition) is 0. The maximum absolute atomic E-state index is 10.9. The molecule has 0 bridgehead atoms. The summed E-state index contributed by atoms with van der Waals surface area (Å²) in [5.41, 5.74) is 0. The molecule has 0 aromatic rings. The number of carbonyl (C=O) groups is 1. The minimum atomic E-state index is -0.0125. The van der Waals surface area contributed by atoms with Gasteiger partial charge in [0.05, 0.1) is 0 Å². The molecule has 1 aliphatic rings. The Labute approximate surface area is 67.9 Å². The molecule has 0 amide bonds. The third-order valence-corrected chi connectivity index (χ3v) is 2.45. The quantitative estimate of drug-likeness (QED) is 0.572. The lowest BCUT2D eigenvalue weighted by atomic mass is 9.90. The van der Waals surface area contributed by atoms with Crippen molar-refractivity contribution in [3.63, 3.8) is 0 Å². The lowest BCUT2D eigenvalue weighted by Gasteiger charge is -2.29. The highest BCUT2D eigenvalue weighted by molar-refractivity contribution is 5.70. The van der Waals surface area contributed by atoms with Crippen LogP contribution < -0.4 is 0 Å². The first-order chi connectivity index (χ1) is 5.27. The summed E-state index contributed by atoms with van der Waals surface area (Å²) < 4.78 is 5.20. The minimum absolute atomic E-state index is 0.0125. The van der Waals surface area contributed by atoms with Gasteiger partial charge in [0, 0.05) is 6.42 Å². The first kappa shape index (κ1) is 8.57. The van der Waals surface area contributed by atoms with Gasteiger partial charge in [-0.15, -0.1) is 0 Å². The molecule has 0 radical (unpaired) electrons. The monoisotopic (exact) mass is 156 g/mol. The topological polar surface area (TPSA) is 26.3 Å². The molecule has 0 aromatic heterocycles. The zero-order valence-electron chi connectivity index (χ0n) is 7.30. The average Bonchev–Trinajstić information content (AvgIpc) is 2.04. The molecule has 1 saturated heterocycles. The highest BCUT2D eigenvalue weighted by atomic mass is 16.5. The molecule has 2 nitrogen and oxygen atoms in total. The molecule has 2 heteroatoms. The van der Waals surface area contributed by atoms with E-state index in [4.69, 9.17) is 4.74 Å². The average molecular weight is 156 g/mol. The lowest BCUT2D eigenvalue weighted by Crippen LogP contribution is -2.31. The van der Waals surface area contributed by atoms with Crippen LogP contribution in [0.5, 0.6) is 0 Å². The van der Waals surface area contributed by atoms with Crippen LogP contribution in [0.1, 0.15) is 39.5 Å². The fraction of sp³-hybridized carbons (Fsp3) is 0.889. The highest BCUT2D eigenvalue weighted by Gasteiger charge is 2.27. The van der Waals surface area contributed by atoms with Gasteiger partial charge in [-0.05, 0) is 25.2 Å². The van der Waals surface area contributed by atoms with E-state index in [1.165, 1.54) is 0 Å². The molecule has 1 heterocycles. The molecule has 1 aliphatic heterocycles. The molecule has 0 spiro atoms. The summed E-state index contributed by atoms with van der Waals surface area (Å²) in [6.07, 6.45) is 3.93. The normalized spacial score (nSPS) is 31.6. The molecule has 1 rings (SSSR count). The summed E-state index contributed by atoms with van der Waals surface area (Å²) in [7, 11) is 0. The van der Waals surface area contributed by atoms with Crippen molar-refractivity contribution in [3.8, 4) is 0 Å². The molecule has 2 atom stereocenters. The van der Waals surface area contributed by atoms with Gasteiger partial charge in [-0.25, -0.2) is 0 Å². The third-order valence-electron chi connectivity index (χ3n) is 2.45. The van der Waals surface area contributed by atoms with E-state index < -0.39 is 0 Å². The molecule has 11 heavy (non-hydrogen) atoms. The Morgan fingerprint density at radius 1 is 1.45 bits per heavy atom. The molecule has 0 unspecified atom stereocenters. The summed E-state index contributed by atoms with van der Waals surface area (Å²) in [5, 5.41) is 0. The van der Waals surface area contributed by atoms with E-state index in [0.717, 1.165) is 19.3 Å². The number of cyclic esters (lactones) is 1. The second kappa shape index (κ2) is 3.74. The Hall–Kier alpha value is -0.530. The summed E-state index contributed by atoms with van der Waals surface area (Å²) >= 11 is 0. The van der Waals surface area contributed by atoms with E-state index in [2.05, 4.69) is 13.8 Å². The van der Waals surface area contributed by atoms with Gasteiger partial charge < -0.3 is 4.74 Å². The van der Waals surface area contributed by atoms with E-state index in [0.29, 0.717) is 12.3 Å². The second-order valence-corrected chi connectivity index (χ2v) is 3.14. The highest BCUT2D eigenvalue weighted by Crippen LogP contribution is 2.26. The molecule has 0 aromatic carbocycles. The van der Waals surface area contributed by atoms with E-state index in [1.807, 2.05) is 0 Å². The Morgan fingerprint density at radius 2 is 2.18 bits per heavy atom. The summed E-state index contributed by atoms with van der Waals surface area (Å²) in [6.45, 7) is 4.23. The van der Waals surface area contributed by atoms with Crippen molar-refractivity contribution in [2.45, 2.75) is 45.6 Å². The molecular formula is C9H16O2. The van der Waals surface area contributed by atoms with Crippen molar-refractivity contribution < 1.29 is 9.53 Å². The number of rotatable bonds is 2. The van der Waals surface area contributed by atoms with Crippen molar-refractivity contribution in [2.75, 3.05) is 0 Å². The lowest BCUT2D eigenvalue weighted by molar-refractivity contribution is -0.158. The maximum atomic E-state index is 10.9. The van der Waals surface area contributed by atoms with E-state index >= 15 is 0 Å². The molecule has 1 fully saturated rings. The predicted molar refractivity (Wildman–Crippen MR) is 43.2 cm³/mol. The Balaban J connectivity index is 2.48. The molecule has 0 aliphatic carbocycles. The largest absolute Gasteiger partial charge is 0.462 e. The van der Waals surface area contributed by atoms with Crippen LogP contribution in [0.25, 0.3) is 0 Å². The molecular weight excluding hydrogens is 140 g/mol. The van der Waals surface area contributed by atoms with Crippen molar-refractivity contribution in [3.05, 3.63) is 0 Å². The van der Waals surface area contributed by atoms with Gasteiger partial charge in [0.1, 0.15) is 6.10 Å². The van der Waals surface area contributed by atoms with Crippen LogP contribution >= 0.6 is 0 Å². The van der Waals surface area contributed by atoms with Gasteiger partial charge in [0.25, 0.3) is 0 Å². The fourth-order valence-corrected chi connectivity index (χ4v) is 1.70. The van der Waals surface area contributed by atoms with E-state index in [-0.39, 0.29) is 12.1 Å². The maximum Gasteiger partial charge on any atom is 0.306 e. The Morgan fingerprint density at radius 3 is 2.73 bits per heavy atom. The molecule has 0 N–H and O–H groups in total. The van der Waals surface area contributed by atoms with Crippen LogP contribution in [-0.2, 0) is 9.53 Å². The van der Waals surface area contributed by atoms with E-state index in [1.54, 1.807) is 0 Å². The number of hydrogen-bond acceptors (Lipinski definition) is 2. The van der Waals surface area contributed by atoms with Crippen molar-refractivity contribution in [2.24, 2.45) is 5.92 Å². The van der Waals surface area contributed by atoms with Crippen LogP contribution in [0.4, 0.5) is 0 Å². The predicted octanol–water partition coefficient (Wildman–Crippen LogP) is 2.13. The van der Waals surface area contributed by atoms with Crippen LogP contribution in [0.2, 0.25) is 0 Å². The molecule has 64 valence electrons. The number of ether oxygens (including phenoxy) is 1. The summed E-state index contributed by atoms with van der Waals surface area (Å²) in [6, 6.07) is 0. The van der Waals surface area contributed by atoms with Crippen LogP contribution in [0, 0.1) is 5.92 Å². The minimum Gasteiger partial charge on any atom is -0.462 e. The first-order valence-electron chi connectivity index (χ1n) is 4.47. The SMILES string of the molecule is CC[C@@H]1CCC(=O)O[C@@H]1CC. The van der Waals surface area contributed by atoms with Gasteiger partial charge in [-0.3, -0.25) is 4.79 Å². The smallest absolute Gasteiger partial charge is 0.306 e. The fourth-order valence-electron chi connectivity index (χ4n) is 1.70. The van der Waals surface area contributed by atoms with Crippen LogP contribution in [0.15, 0.2) is 0 Å². The Bertz CT molecular complexity index is 142. The standard InChI is InChI=1S/C9H16O2/c1-3-7-5-6-9(10)11-8(7)4-2/h7-8H,3-6H2,1-2H3/t7-,8-/m1/s1. The zero-order valence-corrected chi connectivity index (χ0v) is 7.30. The Kier molecular flexibility index (Phi) is 2.92. The van der Waals surface area contributed by atoms with Crippen molar-refractivity contribution >= 4 is 5.97 Å². The van der Waals surface area contributed by atoms with Crippen LogP contribution in [-0.4, -0.2) is 12.1 Å². The van der Waals surface area contributed by atoms with E-state index in [9.17, 15) is 4.79 Å². The second-order valence-electron chi connectivity index (χ2n) is 3.14. The van der Waals surface area contributed by atoms with Crippen molar-refractivity contribution in [1.82, 2.24) is 0 Å². The van der Waals surface area contributed by atoms with Gasteiger partial charge in [-0.1, -0.05) is 13.8 Å². The van der Waals surface area contributed by atoms with Gasteiger partial charge in [0.15, 0.2) is 0 Å². The number of esters is 1. The molecule has 0 saturated carbocycles. The first-order valence-corrected chi connectivity index (χ1v) is 4.47.